The number of nitrogens with one attached hydrogen (secondary N) is 1. The summed E-state index contributed by atoms with van der Waals surface area (Å²) in [4.78, 5) is 4.20. The van der Waals surface area contributed by atoms with Gasteiger partial charge in [0, 0.05) is 26.2 Å². The van der Waals surface area contributed by atoms with Crippen molar-refractivity contribution in [2.75, 3.05) is 33.2 Å². The van der Waals surface area contributed by atoms with Gasteiger partial charge in [-0.2, -0.15) is 0 Å². The molecule has 0 radical (unpaired) electrons. The Labute approximate surface area is 106 Å². The Morgan fingerprint density at radius 2 is 1.78 bits per heavy atom. The molecule has 1 saturated heterocycles. The predicted octanol–water partition coefficient (Wildman–Crippen LogP) is 0.266. The van der Waals surface area contributed by atoms with E-state index in [1.54, 1.807) is 5.01 Å². The lowest BCUT2D eigenvalue weighted by atomic mass is 10.4. The molecule has 5 nitrogen and oxygen atoms in total. The van der Waals surface area contributed by atoms with Crippen molar-refractivity contribution >= 4 is 10.0 Å². The van der Waals surface area contributed by atoms with Crippen LogP contribution in [0.2, 0.25) is 0 Å². The first-order valence-corrected chi connectivity index (χ1v) is 7.18. The lowest BCUT2D eigenvalue weighted by Gasteiger charge is -2.32. The summed E-state index contributed by atoms with van der Waals surface area (Å²) in [7, 11) is -1.85. The van der Waals surface area contributed by atoms with Crippen LogP contribution >= 0.6 is 0 Å². The van der Waals surface area contributed by atoms with E-state index in [2.05, 4.69) is 9.73 Å². The first-order valence-electron chi connectivity index (χ1n) is 5.69. The number of hydrogen-bond acceptors (Lipinski definition) is 4. The van der Waals surface area contributed by atoms with Crippen LogP contribution in [0.3, 0.4) is 0 Å². The molecule has 0 saturated carbocycles. The Kier molecular flexibility index (Phi) is 3.96. The Balaban J connectivity index is 2.11. The van der Waals surface area contributed by atoms with E-state index in [0.717, 1.165) is 19.2 Å². The highest BCUT2D eigenvalue weighted by Crippen LogP contribution is 2.13. The molecule has 0 spiro atoms. The number of hydrazine groups is 1. The van der Waals surface area contributed by atoms with Crippen LogP contribution in [-0.2, 0) is 10.0 Å². The van der Waals surface area contributed by atoms with Crippen LogP contribution in [0.4, 0.5) is 4.39 Å². The molecule has 1 aromatic carbocycles. The molecule has 1 heterocycles. The maximum atomic E-state index is 13.5. The Morgan fingerprint density at radius 3 is 2.39 bits per heavy atom. The molecule has 0 aliphatic carbocycles. The topological polar surface area (TPSA) is 52.6 Å². The number of sulfonamides is 1. The average molecular weight is 273 g/mol. The van der Waals surface area contributed by atoms with Crippen molar-refractivity contribution in [1.29, 1.82) is 0 Å². The molecule has 0 atom stereocenters. The summed E-state index contributed by atoms with van der Waals surface area (Å²) in [6.45, 7) is 2.73. The fourth-order valence-electron chi connectivity index (χ4n) is 1.78. The van der Waals surface area contributed by atoms with E-state index in [4.69, 9.17) is 0 Å². The van der Waals surface area contributed by atoms with Crippen molar-refractivity contribution in [2.24, 2.45) is 0 Å². The number of hydrogen-bond donors (Lipinski definition) is 1. The third-order valence-electron chi connectivity index (χ3n) is 2.88. The Hall–Kier alpha value is -1.02. The van der Waals surface area contributed by atoms with Gasteiger partial charge in [-0.25, -0.2) is 17.8 Å². The number of likely N-dealkylation sites (N-methyl/N-ethyl adjacent to an activating group) is 1. The normalized spacial score (nSPS) is 19.0. The van der Waals surface area contributed by atoms with Gasteiger partial charge in [-0.1, -0.05) is 12.1 Å². The second-order valence-corrected chi connectivity index (χ2v) is 5.94. The first kappa shape index (κ1) is 13.4. The third-order valence-corrected chi connectivity index (χ3v) is 4.29. The smallest absolute Gasteiger partial charge is 0.256 e. The predicted molar refractivity (Wildman–Crippen MR) is 65.8 cm³/mol. The summed E-state index contributed by atoms with van der Waals surface area (Å²) >= 11 is 0. The average Bonchev–Trinajstić information content (AvgIpc) is 2.32. The molecule has 1 aliphatic heterocycles. The van der Waals surface area contributed by atoms with E-state index < -0.39 is 15.8 Å². The van der Waals surface area contributed by atoms with Gasteiger partial charge in [0.2, 0.25) is 0 Å². The summed E-state index contributed by atoms with van der Waals surface area (Å²) in [6, 6.07) is 5.36. The fraction of sp³-hybridized carbons (Fsp3) is 0.455. The molecular weight excluding hydrogens is 257 g/mol. The molecule has 1 N–H and O–H groups in total. The summed E-state index contributed by atoms with van der Waals surface area (Å²) in [5, 5.41) is 1.60. The van der Waals surface area contributed by atoms with Crippen molar-refractivity contribution in [1.82, 2.24) is 14.7 Å². The maximum Gasteiger partial charge on any atom is 0.256 e. The minimum absolute atomic E-state index is 0.316. The highest BCUT2D eigenvalue weighted by molar-refractivity contribution is 7.89. The molecule has 0 aromatic heterocycles. The first-order chi connectivity index (χ1) is 8.49. The highest BCUT2D eigenvalue weighted by Gasteiger charge is 2.23. The minimum atomic E-state index is -3.83. The molecular formula is C11H16FN3O2S. The van der Waals surface area contributed by atoms with Crippen LogP contribution in [0.15, 0.2) is 29.2 Å². The number of benzene rings is 1. The second-order valence-electron chi connectivity index (χ2n) is 4.32. The van der Waals surface area contributed by atoms with Crippen LogP contribution < -0.4 is 4.83 Å². The summed E-state index contributed by atoms with van der Waals surface area (Å²) in [6.07, 6.45) is 0. The van der Waals surface area contributed by atoms with Crippen LogP contribution in [0, 0.1) is 5.82 Å². The molecule has 0 amide bonds. The number of halogens is 1. The summed E-state index contributed by atoms with van der Waals surface area (Å²) in [5.74, 6) is -0.737. The van der Waals surface area contributed by atoms with Crippen molar-refractivity contribution in [3.05, 3.63) is 30.1 Å². The quantitative estimate of drug-likeness (QED) is 0.859. The van der Waals surface area contributed by atoms with Crippen LogP contribution in [-0.4, -0.2) is 51.6 Å². The monoisotopic (exact) mass is 273 g/mol. The highest BCUT2D eigenvalue weighted by atomic mass is 32.2. The number of piperazine rings is 1. The van der Waals surface area contributed by atoms with Gasteiger partial charge in [-0.15, -0.1) is 4.83 Å². The van der Waals surface area contributed by atoms with Crippen molar-refractivity contribution < 1.29 is 12.8 Å². The SMILES string of the molecule is CN1CCN(NS(=O)(=O)c2ccccc2F)CC1. The number of nitrogens with zero attached hydrogens (tertiary/aromatic N) is 2. The van der Waals surface area contributed by atoms with Crippen LogP contribution in [0.5, 0.6) is 0 Å². The lowest BCUT2D eigenvalue weighted by Crippen LogP contribution is -2.52. The van der Waals surface area contributed by atoms with E-state index in [-0.39, 0.29) is 4.90 Å². The van der Waals surface area contributed by atoms with Gasteiger partial charge >= 0.3 is 0 Å². The van der Waals surface area contributed by atoms with Crippen LogP contribution in [0.25, 0.3) is 0 Å². The Morgan fingerprint density at radius 1 is 1.17 bits per heavy atom. The zero-order chi connectivity index (χ0) is 13.2. The molecule has 100 valence electrons. The zero-order valence-electron chi connectivity index (χ0n) is 10.1. The Bertz CT molecular complexity index is 513. The van der Waals surface area contributed by atoms with E-state index in [1.807, 2.05) is 7.05 Å². The van der Waals surface area contributed by atoms with Crippen molar-refractivity contribution in [3.8, 4) is 0 Å². The third kappa shape index (κ3) is 3.05. The van der Waals surface area contributed by atoms with E-state index >= 15 is 0 Å². The van der Waals surface area contributed by atoms with Gasteiger partial charge in [0.1, 0.15) is 10.7 Å². The van der Waals surface area contributed by atoms with Gasteiger partial charge < -0.3 is 4.90 Å². The maximum absolute atomic E-state index is 13.5. The van der Waals surface area contributed by atoms with Gasteiger partial charge in [-0.3, -0.25) is 0 Å². The fourth-order valence-corrected chi connectivity index (χ4v) is 2.98. The molecule has 0 bridgehead atoms. The minimum Gasteiger partial charge on any atom is -0.304 e. The molecule has 1 fully saturated rings. The number of rotatable bonds is 3. The van der Waals surface area contributed by atoms with Gasteiger partial charge in [0.15, 0.2) is 0 Å². The molecule has 2 rings (SSSR count). The second kappa shape index (κ2) is 5.31. The van der Waals surface area contributed by atoms with E-state index in [1.165, 1.54) is 18.2 Å². The molecule has 1 aromatic rings. The zero-order valence-corrected chi connectivity index (χ0v) is 11.0. The van der Waals surface area contributed by atoms with E-state index in [9.17, 15) is 12.8 Å². The van der Waals surface area contributed by atoms with Crippen LogP contribution in [0.1, 0.15) is 0 Å². The van der Waals surface area contributed by atoms with Gasteiger partial charge in [0.05, 0.1) is 0 Å². The standard InChI is InChI=1S/C11H16FN3O2S/c1-14-6-8-15(9-7-14)13-18(16,17)11-5-3-2-4-10(11)12/h2-5,13H,6-9H2,1H3. The van der Waals surface area contributed by atoms with Crippen molar-refractivity contribution in [3.63, 3.8) is 0 Å². The molecule has 0 unspecified atom stereocenters. The van der Waals surface area contributed by atoms with Gasteiger partial charge in [0.25, 0.3) is 10.0 Å². The molecule has 7 heteroatoms. The van der Waals surface area contributed by atoms with Gasteiger partial charge in [-0.05, 0) is 19.2 Å². The van der Waals surface area contributed by atoms with E-state index in [0.29, 0.717) is 13.1 Å². The largest absolute Gasteiger partial charge is 0.304 e. The van der Waals surface area contributed by atoms with Crippen molar-refractivity contribution in [2.45, 2.75) is 4.90 Å². The lowest BCUT2D eigenvalue weighted by molar-refractivity contribution is 0.134. The summed E-state index contributed by atoms with van der Waals surface area (Å²) < 4.78 is 37.4. The molecule has 1 aliphatic rings. The molecule has 18 heavy (non-hydrogen) atoms. The summed E-state index contributed by atoms with van der Waals surface area (Å²) in [5.41, 5.74) is 0.